The third kappa shape index (κ3) is 3.98. The quantitative estimate of drug-likeness (QED) is 0.193. The number of rotatable bonds is 5. The van der Waals surface area contributed by atoms with Crippen LogP contribution in [0.15, 0.2) is 83.9 Å². The first-order valence-electron chi connectivity index (χ1n) is 14.1. The van der Waals surface area contributed by atoms with Gasteiger partial charge in [0.05, 0.1) is 22.5 Å². The van der Waals surface area contributed by atoms with Crippen LogP contribution in [0.5, 0.6) is 5.75 Å². The number of imide groups is 1. The third-order valence-electron chi connectivity index (χ3n) is 9.48. The zero-order chi connectivity index (χ0) is 27.8. The molecule has 3 aromatic carbocycles. The van der Waals surface area contributed by atoms with Crippen molar-refractivity contribution >= 4 is 52.8 Å². The van der Waals surface area contributed by atoms with Gasteiger partial charge in [-0.25, -0.2) is 0 Å². The zero-order valence-corrected chi connectivity index (χ0v) is 24.8. The number of anilines is 1. The van der Waals surface area contributed by atoms with Gasteiger partial charge in [0.1, 0.15) is 12.4 Å². The first kappa shape index (κ1) is 25.5. The highest BCUT2D eigenvalue weighted by Gasteiger charge is 2.69. The number of fused-ring (bicyclic) bond motifs is 9. The van der Waals surface area contributed by atoms with Gasteiger partial charge in [0.25, 0.3) is 0 Å². The number of aryl methyl sites for hydroxylation is 1. The summed E-state index contributed by atoms with van der Waals surface area (Å²) >= 11 is 9.11. The van der Waals surface area contributed by atoms with Crippen molar-refractivity contribution in [3.05, 3.63) is 104 Å². The van der Waals surface area contributed by atoms with Crippen molar-refractivity contribution in [2.75, 3.05) is 4.90 Å². The summed E-state index contributed by atoms with van der Waals surface area (Å²) in [4.78, 5) is 34.0. The Balaban J connectivity index is 1.16. The van der Waals surface area contributed by atoms with Gasteiger partial charge in [-0.05, 0) is 78.7 Å². The van der Waals surface area contributed by atoms with E-state index in [1.54, 1.807) is 11.3 Å². The Hall–Kier alpha value is -3.20. The second kappa shape index (κ2) is 9.68. The van der Waals surface area contributed by atoms with Crippen LogP contribution in [0.1, 0.15) is 33.9 Å². The highest BCUT2D eigenvalue weighted by atomic mass is 32.2. The standard InChI is InChI=1S/C33H28N2O3S3/c1-17-10-12-20(13-11-17)35-31(36)26-22-15-23(27(26)32(35)37)28-25(22)24(29-30(40-28)34-33(39)41-29)19-8-5-9-21(14-19)38-16-18-6-3-2-4-7-18/h2-14,22-28H,15-16H2,1H3,(H,34,39). The smallest absolute Gasteiger partial charge is 0.238 e. The molecule has 1 aromatic heterocycles. The van der Waals surface area contributed by atoms with E-state index in [9.17, 15) is 9.59 Å². The number of thioether (sulfide) groups is 1. The van der Waals surface area contributed by atoms with E-state index in [4.69, 9.17) is 17.0 Å². The van der Waals surface area contributed by atoms with Crippen LogP contribution in [0.4, 0.5) is 5.69 Å². The Morgan fingerprint density at radius 1 is 0.951 bits per heavy atom. The van der Waals surface area contributed by atoms with Crippen LogP contribution in [0, 0.1) is 40.5 Å². The SMILES string of the molecule is Cc1ccc(N2C(=O)C3C4CC(C3C2=O)C2C(c3cccc(OCc5ccccc5)c3)c3sc(=S)[nH]c3SC42)cc1. The van der Waals surface area contributed by atoms with Gasteiger partial charge in [-0.3, -0.25) is 14.5 Å². The van der Waals surface area contributed by atoms with E-state index < -0.39 is 0 Å². The summed E-state index contributed by atoms with van der Waals surface area (Å²) in [5.74, 6) is 0.954. The molecular weight excluding hydrogens is 569 g/mol. The number of hydrogen-bond donors (Lipinski definition) is 1. The van der Waals surface area contributed by atoms with Gasteiger partial charge < -0.3 is 9.72 Å². The lowest BCUT2D eigenvalue weighted by atomic mass is 9.68. The maximum atomic E-state index is 14.0. The van der Waals surface area contributed by atoms with Crippen LogP contribution < -0.4 is 9.64 Å². The molecule has 3 fully saturated rings. The monoisotopic (exact) mass is 596 g/mol. The fourth-order valence-corrected chi connectivity index (χ4v) is 11.2. The fourth-order valence-electron chi connectivity index (χ4n) is 7.88. The van der Waals surface area contributed by atoms with Crippen molar-refractivity contribution in [3.63, 3.8) is 0 Å². The number of H-pyrrole nitrogens is 1. The maximum Gasteiger partial charge on any atom is 0.238 e. The molecule has 7 atom stereocenters. The summed E-state index contributed by atoms with van der Waals surface area (Å²) in [5, 5.41) is 1.38. The molecule has 4 aromatic rings. The van der Waals surface area contributed by atoms with Crippen LogP contribution in [0.25, 0.3) is 0 Å². The van der Waals surface area contributed by atoms with E-state index in [0.717, 1.165) is 32.3 Å². The molecule has 41 heavy (non-hydrogen) atoms. The van der Waals surface area contributed by atoms with Gasteiger partial charge in [0, 0.05) is 16.0 Å². The first-order chi connectivity index (χ1) is 20.0. The second-order valence-electron chi connectivity index (χ2n) is 11.7. The van der Waals surface area contributed by atoms with Crippen molar-refractivity contribution in [2.45, 2.75) is 36.1 Å². The summed E-state index contributed by atoms with van der Waals surface area (Å²) in [5.41, 5.74) is 4.11. The molecule has 8 rings (SSSR count). The van der Waals surface area contributed by atoms with Gasteiger partial charge in [-0.1, -0.05) is 60.2 Å². The van der Waals surface area contributed by atoms with Crippen molar-refractivity contribution in [1.82, 2.24) is 4.98 Å². The Morgan fingerprint density at radius 2 is 1.71 bits per heavy atom. The highest BCUT2D eigenvalue weighted by molar-refractivity contribution is 8.00. The number of thiazole rings is 1. The predicted octanol–water partition coefficient (Wildman–Crippen LogP) is 7.37. The number of benzene rings is 3. The molecule has 0 spiro atoms. The molecule has 1 N–H and O–H groups in total. The number of carbonyl (C=O) groups is 2. The minimum Gasteiger partial charge on any atom is -0.489 e. The predicted molar refractivity (Wildman–Crippen MR) is 164 cm³/mol. The van der Waals surface area contributed by atoms with E-state index in [-0.39, 0.29) is 52.6 Å². The summed E-state index contributed by atoms with van der Waals surface area (Å²) in [6.07, 6.45) is 0.924. The maximum absolute atomic E-state index is 14.0. The third-order valence-corrected chi connectivity index (χ3v) is 12.4. The van der Waals surface area contributed by atoms with Crippen LogP contribution in [0.2, 0.25) is 0 Å². The Morgan fingerprint density at radius 3 is 2.49 bits per heavy atom. The highest BCUT2D eigenvalue weighted by Crippen LogP contribution is 2.69. The van der Waals surface area contributed by atoms with Gasteiger partial charge >= 0.3 is 0 Å². The molecule has 2 saturated carbocycles. The van der Waals surface area contributed by atoms with Gasteiger partial charge in [0.15, 0.2) is 3.95 Å². The Bertz CT molecular complexity index is 1730. The molecule has 2 amide bonds. The Kier molecular flexibility index (Phi) is 6.02. The second-order valence-corrected chi connectivity index (χ2v) is 14.6. The molecule has 4 aliphatic rings. The molecule has 8 heteroatoms. The molecule has 2 aliphatic carbocycles. The molecule has 3 heterocycles. The van der Waals surface area contributed by atoms with Crippen LogP contribution >= 0.6 is 35.3 Å². The number of carbonyl (C=O) groups excluding carboxylic acids is 2. The number of nitrogens with one attached hydrogen (secondary N) is 1. The minimum atomic E-state index is -0.260. The van der Waals surface area contributed by atoms with Gasteiger partial charge in [0.2, 0.25) is 11.8 Å². The van der Waals surface area contributed by atoms with Crippen molar-refractivity contribution in [1.29, 1.82) is 0 Å². The molecule has 7 unspecified atom stereocenters. The lowest BCUT2D eigenvalue weighted by molar-refractivity contribution is -0.123. The summed E-state index contributed by atoms with van der Waals surface area (Å²) in [6.45, 7) is 2.52. The molecule has 1 saturated heterocycles. The van der Waals surface area contributed by atoms with Gasteiger partial charge in [-0.2, -0.15) is 0 Å². The van der Waals surface area contributed by atoms with E-state index in [1.807, 2.05) is 67.2 Å². The number of hydrogen-bond acceptors (Lipinski definition) is 6. The lowest BCUT2D eigenvalue weighted by Crippen LogP contribution is -2.42. The van der Waals surface area contributed by atoms with E-state index in [0.29, 0.717) is 12.3 Å². The molecule has 2 bridgehead atoms. The lowest BCUT2D eigenvalue weighted by Gasteiger charge is -2.43. The number of aromatic amines is 1. The molecule has 206 valence electrons. The zero-order valence-electron chi connectivity index (χ0n) is 22.4. The van der Waals surface area contributed by atoms with E-state index >= 15 is 0 Å². The first-order valence-corrected chi connectivity index (χ1v) is 16.2. The number of ether oxygens (including phenoxy) is 1. The van der Waals surface area contributed by atoms with Crippen LogP contribution in [0.3, 0.4) is 0 Å². The van der Waals surface area contributed by atoms with Crippen molar-refractivity contribution < 1.29 is 14.3 Å². The van der Waals surface area contributed by atoms with E-state index in [1.165, 1.54) is 15.3 Å². The topological polar surface area (TPSA) is 62.4 Å². The molecule has 5 nitrogen and oxygen atoms in total. The molecule has 0 radical (unpaired) electrons. The summed E-state index contributed by atoms with van der Waals surface area (Å²) in [6, 6.07) is 26.3. The van der Waals surface area contributed by atoms with Crippen LogP contribution in [-0.2, 0) is 16.2 Å². The fraction of sp³-hybridized carbons (Fsp3) is 0.303. The molecule has 2 aliphatic heterocycles. The number of amides is 2. The number of nitrogens with zero attached hydrogens (tertiary/aromatic N) is 1. The normalized spacial score (nSPS) is 29.4. The van der Waals surface area contributed by atoms with Crippen molar-refractivity contribution in [2.24, 2.45) is 29.6 Å². The van der Waals surface area contributed by atoms with Crippen LogP contribution in [-0.4, -0.2) is 22.0 Å². The van der Waals surface area contributed by atoms with Crippen molar-refractivity contribution in [3.8, 4) is 5.75 Å². The summed E-state index contributed by atoms with van der Waals surface area (Å²) < 4.78 is 7.00. The number of aromatic nitrogens is 1. The largest absolute Gasteiger partial charge is 0.489 e. The average Bonchev–Trinajstić information content (AvgIpc) is 3.72. The molecular formula is C33H28N2O3S3. The van der Waals surface area contributed by atoms with E-state index in [2.05, 4.69) is 35.3 Å². The summed E-state index contributed by atoms with van der Waals surface area (Å²) in [7, 11) is 0. The average molecular weight is 597 g/mol. The van der Waals surface area contributed by atoms with Gasteiger partial charge in [-0.15, -0.1) is 23.1 Å². The Labute approximate surface area is 251 Å². The minimum absolute atomic E-state index is 0.0210.